The van der Waals surface area contributed by atoms with Gasteiger partial charge in [0.25, 0.3) is 0 Å². The standard InChI is InChI=1S/C29H39N3O/c1-5-6-29(30-4)32-17-15-31(16-18-32)21-23-7-8-26-20-28(14-11-25(26)19-23)33-27-12-9-24(10-13-27)22(2)3/h5-8,11,14,19-20,22,24,27H,1,4,9-10,12-13,15-18,21H2,2-3H3/b29-6+. The maximum atomic E-state index is 6.36. The van der Waals surface area contributed by atoms with Crippen LogP contribution in [0.4, 0.5) is 0 Å². The highest BCUT2D eigenvalue weighted by molar-refractivity contribution is 5.84. The fourth-order valence-electron chi connectivity index (χ4n) is 5.27. The zero-order chi connectivity index (χ0) is 23.2. The minimum absolute atomic E-state index is 0.369. The Bertz CT molecular complexity index is 980. The number of aliphatic imine (C=N–C) groups is 1. The largest absolute Gasteiger partial charge is 0.490 e. The van der Waals surface area contributed by atoms with Crippen LogP contribution in [0.25, 0.3) is 10.8 Å². The molecule has 4 nitrogen and oxygen atoms in total. The van der Waals surface area contributed by atoms with Crippen molar-refractivity contribution in [1.82, 2.24) is 9.80 Å². The zero-order valence-electron chi connectivity index (χ0n) is 20.4. The van der Waals surface area contributed by atoms with E-state index in [1.54, 1.807) is 6.08 Å². The fraction of sp³-hybridized carbons (Fsp3) is 0.483. The monoisotopic (exact) mass is 445 g/mol. The van der Waals surface area contributed by atoms with Gasteiger partial charge in [0.05, 0.1) is 6.10 Å². The van der Waals surface area contributed by atoms with Crippen molar-refractivity contribution in [2.75, 3.05) is 26.2 Å². The van der Waals surface area contributed by atoms with E-state index in [0.29, 0.717) is 6.10 Å². The summed E-state index contributed by atoms with van der Waals surface area (Å²) in [6.07, 6.45) is 9.03. The van der Waals surface area contributed by atoms with Crippen LogP contribution in [-0.2, 0) is 6.54 Å². The van der Waals surface area contributed by atoms with E-state index in [2.05, 4.69) is 78.3 Å². The number of piperazine rings is 1. The summed E-state index contributed by atoms with van der Waals surface area (Å²) in [4.78, 5) is 8.93. The molecule has 0 N–H and O–H groups in total. The average Bonchev–Trinajstić information content (AvgIpc) is 2.83. The van der Waals surface area contributed by atoms with Crippen LogP contribution in [0.1, 0.15) is 45.1 Å². The molecule has 0 amide bonds. The van der Waals surface area contributed by atoms with Gasteiger partial charge in [0, 0.05) is 32.7 Å². The Morgan fingerprint density at radius 2 is 1.73 bits per heavy atom. The minimum atomic E-state index is 0.369. The SMILES string of the molecule is C=C/C=C(\N=C)N1CCN(Cc2ccc3cc(OC4CCC(C(C)C)CC4)ccc3c2)CC1. The van der Waals surface area contributed by atoms with E-state index < -0.39 is 0 Å². The molecule has 0 unspecified atom stereocenters. The predicted octanol–water partition coefficient (Wildman–Crippen LogP) is 6.28. The molecule has 4 heteroatoms. The van der Waals surface area contributed by atoms with Crippen LogP contribution in [0.2, 0.25) is 0 Å². The highest BCUT2D eigenvalue weighted by Crippen LogP contribution is 2.33. The lowest BCUT2D eigenvalue weighted by atomic mass is 9.80. The van der Waals surface area contributed by atoms with Crippen molar-refractivity contribution in [1.29, 1.82) is 0 Å². The van der Waals surface area contributed by atoms with Gasteiger partial charge in [-0.2, -0.15) is 0 Å². The van der Waals surface area contributed by atoms with E-state index in [-0.39, 0.29) is 0 Å². The van der Waals surface area contributed by atoms with Gasteiger partial charge in [-0.25, -0.2) is 4.99 Å². The molecule has 1 aliphatic carbocycles. The molecule has 0 atom stereocenters. The number of benzene rings is 2. The third kappa shape index (κ3) is 6.05. The highest BCUT2D eigenvalue weighted by atomic mass is 16.5. The average molecular weight is 446 g/mol. The second-order valence-corrected chi connectivity index (χ2v) is 9.92. The molecule has 2 aromatic rings. The molecular weight excluding hydrogens is 406 g/mol. The number of allylic oxidation sites excluding steroid dienone is 2. The Hall–Kier alpha value is -2.59. The van der Waals surface area contributed by atoms with Gasteiger partial charge < -0.3 is 9.64 Å². The van der Waals surface area contributed by atoms with Crippen molar-refractivity contribution in [2.24, 2.45) is 16.8 Å². The molecule has 0 bridgehead atoms. The maximum Gasteiger partial charge on any atom is 0.127 e. The van der Waals surface area contributed by atoms with Gasteiger partial charge in [-0.15, -0.1) is 0 Å². The normalized spacial score (nSPS) is 22.5. The zero-order valence-corrected chi connectivity index (χ0v) is 20.4. The quantitative estimate of drug-likeness (QED) is 0.354. The summed E-state index contributed by atoms with van der Waals surface area (Å²) >= 11 is 0. The smallest absolute Gasteiger partial charge is 0.127 e. The Kier molecular flexibility index (Phi) is 7.87. The predicted molar refractivity (Wildman–Crippen MR) is 140 cm³/mol. The van der Waals surface area contributed by atoms with Gasteiger partial charge in [-0.1, -0.05) is 44.7 Å². The van der Waals surface area contributed by atoms with Gasteiger partial charge >= 0.3 is 0 Å². The lowest BCUT2D eigenvalue weighted by Gasteiger charge is -2.36. The fourth-order valence-corrected chi connectivity index (χ4v) is 5.27. The molecule has 1 aliphatic heterocycles. The van der Waals surface area contributed by atoms with Crippen LogP contribution in [-0.4, -0.2) is 48.8 Å². The van der Waals surface area contributed by atoms with E-state index in [1.165, 1.54) is 42.0 Å². The molecule has 33 heavy (non-hydrogen) atoms. The summed E-state index contributed by atoms with van der Waals surface area (Å²) in [5, 5.41) is 2.54. The molecule has 176 valence electrons. The summed E-state index contributed by atoms with van der Waals surface area (Å²) < 4.78 is 6.36. The molecule has 0 spiro atoms. The van der Waals surface area contributed by atoms with E-state index in [0.717, 1.165) is 56.1 Å². The van der Waals surface area contributed by atoms with Crippen molar-refractivity contribution >= 4 is 17.5 Å². The molecule has 0 aromatic heterocycles. The second-order valence-electron chi connectivity index (χ2n) is 9.92. The Morgan fingerprint density at radius 1 is 1.03 bits per heavy atom. The van der Waals surface area contributed by atoms with Crippen molar-refractivity contribution in [3.05, 3.63) is 66.5 Å². The molecule has 2 aliphatic rings. The topological polar surface area (TPSA) is 28.1 Å². The lowest BCUT2D eigenvalue weighted by Crippen LogP contribution is -2.45. The second kappa shape index (κ2) is 11.0. The molecule has 1 saturated carbocycles. The van der Waals surface area contributed by atoms with Crippen LogP contribution < -0.4 is 4.74 Å². The van der Waals surface area contributed by atoms with Crippen molar-refractivity contribution in [2.45, 2.75) is 52.2 Å². The summed E-state index contributed by atoms with van der Waals surface area (Å²) in [7, 11) is 0. The van der Waals surface area contributed by atoms with E-state index >= 15 is 0 Å². The molecule has 1 heterocycles. The summed E-state index contributed by atoms with van der Waals surface area (Å²) in [6, 6.07) is 13.4. The van der Waals surface area contributed by atoms with Crippen LogP contribution in [0.15, 0.2) is 65.9 Å². The van der Waals surface area contributed by atoms with Crippen molar-refractivity contribution in [3.8, 4) is 5.75 Å². The molecule has 1 saturated heterocycles. The van der Waals surface area contributed by atoms with E-state index in [1.807, 2.05) is 6.08 Å². The van der Waals surface area contributed by atoms with E-state index in [9.17, 15) is 0 Å². The number of nitrogens with zero attached hydrogens (tertiary/aromatic N) is 3. The van der Waals surface area contributed by atoms with Gasteiger partial charge in [-0.3, -0.25) is 4.90 Å². The Morgan fingerprint density at radius 3 is 2.39 bits per heavy atom. The van der Waals surface area contributed by atoms with Crippen LogP contribution in [0.3, 0.4) is 0 Å². The van der Waals surface area contributed by atoms with Crippen molar-refractivity contribution < 1.29 is 4.74 Å². The van der Waals surface area contributed by atoms with Gasteiger partial charge in [0.2, 0.25) is 0 Å². The lowest BCUT2D eigenvalue weighted by molar-refractivity contribution is 0.117. The first kappa shape index (κ1) is 23.6. The van der Waals surface area contributed by atoms with Crippen LogP contribution in [0, 0.1) is 11.8 Å². The van der Waals surface area contributed by atoms with Gasteiger partial charge in [0.15, 0.2) is 0 Å². The third-order valence-electron chi connectivity index (χ3n) is 7.37. The minimum Gasteiger partial charge on any atom is -0.490 e. The van der Waals surface area contributed by atoms with Crippen molar-refractivity contribution in [3.63, 3.8) is 0 Å². The van der Waals surface area contributed by atoms with Gasteiger partial charge in [-0.05, 0) is 84.8 Å². The van der Waals surface area contributed by atoms with E-state index in [4.69, 9.17) is 4.74 Å². The Balaban J connectivity index is 1.32. The summed E-state index contributed by atoms with van der Waals surface area (Å²) in [5.74, 6) is 3.59. The number of hydrogen-bond acceptors (Lipinski definition) is 4. The number of hydrogen-bond donors (Lipinski definition) is 0. The Labute approximate surface area is 199 Å². The van der Waals surface area contributed by atoms with Gasteiger partial charge in [0.1, 0.15) is 11.6 Å². The maximum absolute atomic E-state index is 6.36. The number of fused-ring (bicyclic) bond motifs is 1. The summed E-state index contributed by atoms with van der Waals surface area (Å²) in [6.45, 7) is 17.1. The highest BCUT2D eigenvalue weighted by Gasteiger charge is 2.24. The van der Waals surface area contributed by atoms with Crippen LogP contribution >= 0.6 is 0 Å². The first-order chi connectivity index (χ1) is 16.1. The molecular formula is C29H39N3O. The molecule has 2 fully saturated rings. The first-order valence-electron chi connectivity index (χ1n) is 12.5. The third-order valence-corrected chi connectivity index (χ3v) is 7.37. The number of ether oxygens (including phenoxy) is 1. The van der Waals surface area contributed by atoms with Crippen LogP contribution in [0.5, 0.6) is 5.75 Å². The summed E-state index contributed by atoms with van der Waals surface area (Å²) in [5.41, 5.74) is 1.36. The number of rotatable bonds is 8. The first-order valence-corrected chi connectivity index (χ1v) is 12.5. The molecule has 0 radical (unpaired) electrons. The molecule has 2 aromatic carbocycles. The molecule has 4 rings (SSSR count).